The standard InChI is InChI=1S/C24H31NO4/c1-5-28-24(27)20-15-21(18-9-7-6-8-10-18)29-23(20)25(16(2)3)22(26)19-13-11-17(4)12-14-19/h6-10,15-17,19H,5,11-14H2,1-4H3. The van der Waals surface area contributed by atoms with Gasteiger partial charge in [0.2, 0.25) is 11.8 Å². The van der Waals surface area contributed by atoms with Gasteiger partial charge in [0.15, 0.2) is 0 Å². The highest BCUT2D eigenvalue weighted by Gasteiger charge is 2.35. The Balaban J connectivity index is 2.01. The van der Waals surface area contributed by atoms with E-state index in [4.69, 9.17) is 9.15 Å². The molecule has 0 N–H and O–H groups in total. The maximum Gasteiger partial charge on any atom is 0.343 e. The third-order valence-corrected chi connectivity index (χ3v) is 5.60. The fraction of sp³-hybridized carbons (Fsp3) is 0.500. The largest absolute Gasteiger partial charge is 0.462 e. The van der Waals surface area contributed by atoms with Gasteiger partial charge in [-0.25, -0.2) is 4.79 Å². The van der Waals surface area contributed by atoms with E-state index in [1.807, 2.05) is 44.2 Å². The second-order valence-corrected chi connectivity index (χ2v) is 8.17. The zero-order valence-electron chi connectivity index (χ0n) is 17.8. The summed E-state index contributed by atoms with van der Waals surface area (Å²) in [7, 11) is 0. The molecule has 0 saturated heterocycles. The number of amides is 1. The van der Waals surface area contributed by atoms with Crippen LogP contribution in [0.1, 0.15) is 63.7 Å². The molecule has 1 aliphatic rings. The number of anilines is 1. The van der Waals surface area contributed by atoms with E-state index in [1.165, 1.54) is 0 Å². The van der Waals surface area contributed by atoms with Crippen LogP contribution in [0.2, 0.25) is 0 Å². The summed E-state index contributed by atoms with van der Waals surface area (Å²) in [6.07, 6.45) is 3.87. The molecule has 1 aliphatic carbocycles. The molecule has 0 spiro atoms. The molecule has 2 aromatic rings. The molecule has 0 aliphatic heterocycles. The van der Waals surface area contributed by atoms with E-state index in [0.717, 1.165) is 31.2 Å². The molecular weight excluding hydrogens is 366 g/mol. The molecule has 0 bridgehead atoms. The first kappa shape index (κ1) is 21.2. The summed E-state index contributed by atoms with van der Waals surface area (Å²) in [5.74, 6) is 1.04. The normalized spacial score (nSPS) is 19.2. The first-order valence-electron chi connectivity index (χ1n) is 10.6. The van der Waals surface area contributed by atoms with Crippen molar-refractivity contribution in [3.05, 3.63) is 42.0 Å². The van der Waals surface area contributed by atoms with E-state index in [9.17, 15) is 9.59 Å². The molecule has 1 fully saturated rings. The Labute approximate surface area is 173 Å². The topological polar surface area (TPSA) is 59.8 Å². The Morgan fingerprint density at radius 3 is 2.38 bits per heavy atom. The van der Waals surface area contributed by atoms with E-state index in [0.29, 0.717) is 23.1 Å². The van der Waals surface area contributed by atoms with Gasteiger partial charge in [0.25, 0.3) is 0 Å². The number of esters is 1. The van der Waals surface area contributed by atoms with Crippen molar-refractivity contribution in [1.29, 1.82) is 0 Å². The van der Waals surface area contributed by atoms with E-state index in [1.54, 1.807) is 17.9 Å². The summed E-state index contributed by atoms with van der Waals surface area (Å²) in [5.41, 5.74) is 1.16. The lowest BCUT2D eigenvalue weighted by molar-refractivity contribution is -0.124. The van der Waals surface area contributed by atoms with Gasteiger partial charge in [-0.15, -0.1) is 0 Å². The fourth-order valence-electron chi connectivity index (χ4n) is 3.95. The molecule has 1 saturated carbocycles. The summed E-state index contributed by atoms with van der Waals surface area (Å²) in [5, 5.41) is 0. The van der Waals surface area contributed by atoms with Crippen LogP contribution in [0.4, 0.5) is 5.88 Å². The number of furan rings is 1. The molecule has 5 nitrogen and oxygen atoms in total. The Morgan fingerprint density at radius 1 is 1.14 bits per heavy atom. The quantitative estimate of drug-likeness (QED) is 0.588. The third-order valence-electron chi connectivity index (χ3n) is 5.60. The van der Waals surface area contributed by atoms with Crippen molar-refractivity contribution in [2.45, 2.75) is 59.4 Å². The van der Waals surface area contributed by atoms with Gasteiger partial charge in [0.05, 0.1) is 6.61 Å². The zero-order chi connectivity index (χ0) is 21.0. The van der Waals surface area contributed by atoms with Crippen LogP contribution < -0.4 is 4.90 Å². The first-order chi connectivity index (χ1) is 13.9. The van der Waals surface area contributed by atoms with E-state index in [-0.39, 0.29) is 24.5 Å². The molecule has 5 heteroatoms. The van der Waals surface area contributed by atoms with Gasteiger partial charge < -0.3 is 9.15 Å². The molecule has 0 atom stereocenters. The number of rotatable bonds is 6. The van der Waals surface area contributed by atoms with Crippen molar-refractivity contribution in [3.63, 3.8) is 0 Å². The number of hydrogen-bond acceptors (Lipinski definition) is 4. The smallest absolute Gasteiger partial charge is 0.343 e. The molecular formula is C24H31NO4. The van der Waals surface area contributed by atoms with Gasteiger partial charge in [-0.05, 0) is 52.4 Å². The molecule has 0 radical (unpaired) electrons. The molecule has 0 unspecified atom stereocenters. The van der Waals surface area contributed by atoms with E-state index in [2.05, 4.69) is 6.92 Å². The van der Waals surface area contributed by atoms with Gasteiger partial charge in [-0.2, -0.15) is 0 Å². The van der Waals surface area contributed by atoms with Gasteiger partial charge in [-0.1, -0.05) is 37.3 Å². The number of hydrogen-bond donors (Lipinski definition) is 0. The molecule has 29 heavy (non-hydrogen) atoms. The van der Waals surface area contributed by atoms with Crippen LogP contribution in [-0.2, 0) is 9.53 Å². The van der Waals surface area contributed by atoms with E-state index >= 15 is 0 Å². The van der Waals surface area contributed by atoms with Crippen LogP contribution in [-0.4, -0.2) is 24.5 Å². The summed E-state index contributed by atoms with van der Waals surface area (Å²) in [6.45, 7) is 8.16. The second-order valence-electron chi connectivity index (χ2n) is 8.17. The van der Waals surface area contributed by atoms with Gasteiger partial charge >= 0.3 is 5.97 Å². The predicted octanol–water partition coefficient (Wildman–Crippen LogP) is 5.69. The van der Waals surface area contributed by atoms with Crippen molar-refractivity contribution < 1.29 is 18.7 Å². The Kier molecular flexibility index (Phi) is 6.78. The van der Waals surface area contributed by atoms with Crippen molar-refractivity contribution >= 4 is 17.8 Å². The third kappa shape index (κ3) is 4.72. The molecule has 156 valence electrons. The Bertz CT molecular complexity index is 832. The van der Waals surface area contributed by atoms with Crippen molar-refractivity contribution in [2.24, 2.45) is 11.8 Å². The monoisotopic (exact) mass is 397 g/mol. The van der Waals surface area contributed by atoms with E-state index < -0.39 is 5.97 Å². The van der Waals surface area contributed by atoms with Crippen LogP contribution in [0, 0.1) is 11.8 Å². The number of carbonyl (C=O) groups excluding carboxylic acids is 2. The average Bonchev–Trinajstić information content (AvgIpc) is 3.14. The highest BCUT2D eigenvalue weighted by molar-refractivity contribution is 6.03. The maximum atomic E-state index is 13.4. The summed E-state index contributed by atoms with van der Waals surface area (Å²) in [6, 6.07) is 11.1. The minimum Gasteiger partial charge on any atom is -0.462 e. The highest BCUT2D eigenvalue weighted by atomic mass is 16.5. The molecule has 1 amide bonds. The minimum atomic E-state index is -0.468. The molecule has 1 aromatic carbocycles. The molecule has 1 heterocycles. The number of benzene rings is 1. The van der Waals surface area contributed by atoms with Crippen LogP contribution in [0.25, 0.3) is 11.3 Å². The second kappa shape index (κ2) is 9.29. The summed E-state index contributed by atoms with van der Waals surface area (Å²) in [4.78, 5) is 27.8. The fourth-order valence-corrected chi connectivity index (χ4v) is 3.95. The molecule has 3 rings (SSSR count). The minimum absolute atomic E-state index is 0.0334. The van der Waals surface area contributed by atoms with Gasteiger partial charge in [0.1, 0.15) is 11.3 Å². The van der Waals surface area contributed by atoms with Crippen LogP contribution in [0.3, 0.4) is 0 Å². The number of nitrogens with zero attached hydrogens (tertiary/aromatic N) is 1. The van der Waals surface area contributed by atoms with Crippen molar-refractivity contribution in [2.75, 3.05) is 11.5 Å². The first-order valence-corrected chi connectivity index (χ1v) is 10.6. The lowest BCUT2D eigenvalue weighted by Gasteiger charge is -2.32. The lowest BCUT2D eigenvalue weighted by atomic mass is 9.82. The zero-order valence-corrected chi connectivity index (χ0v) is 17.8. The number of carbonyl (C=O) groups is 2. The average molecular weight is 398 g/mol. The predicted molar refractivity (Wildman–Crippen MR) is 114 cm³/mol. The highest BCUT2D eigenvalue weighted by Crippen LogP contribution is 2.36. The van der Waals surface area contributed by atoms with Crippen LogP contribution in [0.15, 0.2) is 40.8 Å². The number of ether oxygens (including phenoxy) is 1. The SMILES string of the molecule is CCOC(=O)c1cc(-c2ccccc2)oc1N(C(=O)C1CCC(C)CC1)C(C)C. The maximum absolute atomic E-state index is 13.4. The van der Waals surface area contributed by atoms with Crippen molar-refractivity contribution in [1.82, 2.24) is 0 Å². The van der Waals surface area contributed by atoms with Crippen molar-refractivity contribution in [3.8, 4) is 11.3 Å². The van der Waals surface area contributed by atoms with Gasteiger partial charge in [0, 0.05) is 23.6 Å². The Hall–Kier alpha value is -2.56. The summed E-state index contributed by atoms with van der Waals surface area (Å²) >= 11 is 0. The van der Waals surface area contributed by atoms with Crippen LogP contribution in [0.5, 0.6) is 0 Å². The lowest BCUT2D eigenvalue weighted by Crippen LogP contribution is -2.42. The summed E-state index contributed by atoms with van der Waals surface area (Å²) < 4.78 is 11.4. The van der Waals surface area contributed by atoms with Crippen LogP contribution >= 0.6 is 0 Å². The van der Waals surface area contributed by atoms with Gasteiger partial charge in [-0.3, -0.25) is 9.69 Å². The molecule has 1 aromatic heterocycles. The Morgan fingerprint density at radius 2 is 1.79 bits per heavy atom.